The van der Waals surface area contributed by atoms with Crippen LogP contribution in [0.1, 0.15) is 25.7 Å². The molecule has 5 heteroatoms. The van der Waals surface area contributed by atoms with Crippen molar-refractivity contribution >= 4 is 28.1 Å². The maximum atomic E-state index is 11.9. The Labute approximate surface area is 109 Å². The Morgan fingerprint density at radius 3 is 2.67 bits per heavy atom. The summed E-state index contributed by atoms with van der Waals surface area (Å²) in [6.45, 7) is 0. The summed E-state index contributed by atoms with van der Waals surface area (Å²) in [4.78, 5) is 11.8. The van der Waals surface area contributed by atoms with Crippen LogP contribution in [0.2, 0.25) is 0 Å². The molecule has 4 nitrogen and oxygen atoms in total. The first kappa shape index (κ1) is 13.1. The lowest BCUT2D eigenvalue weighted by Crippen LogP contribution is -2.25. The van der Waals surface area contributed by atoms with Crippen LogP contribution in [-0.2, 0) is 15.6 Å². The number of nitrogens with two attached hydrogens (primary N) is 1. The number of para-hydroxylation sites is 2. The maximum absolute atomic E-state index is 11.9. The molecule has 1 aromatic rings. The number of rotatable bonds is 4. The average Bonchev–Trinajstić information content (AvgIpc) is 2.85. The fourth-order valence-corrected chi connectivity index (χ4v) is 3.62. The smallest absolute Gasteiger partial charge is 0.237 e. The summed E-state index contributed by atoms with van der Waals surface area (Å²) in [5, 5.41) is 2.91. The van der Waals surface area contributed by atoms with E-state index in [4.69, 9.17) is 5.73 Å². The van der Waals surface area contributed by atoms with E-state index in [2.05, 4.69) is 5.32 Å². The summed E-state index contributed by atoms with van der Waals surface area (Å²) in [6, 6.07) is 7.08. The van der Waals surface area contributed by atoms with Crippen molar-refractivity contribution in [3.63, 3.8) is 0 Å². The lowest BCUT2D eigenvalue weighted by molar-refractivity contribution is -0.113. The summed E-state index contributed by atoms with van der Waals surface area (Å²) < 4.78 is 11.9. The van der Waals surface area contributed by atoms with Crippen molar-refractivity contribution in [2.24, 2.45) is 0 Å². The van der Waals surface area contributed by atoms with Gasteiger partial charge in [0.25, 0.3) is 0 Å². The third-order valence-corrected chi connectivity index (χ3v) is 4.94. The maximum Gasteiger partial charge on any atom is 0.237 e. The van der Waals surface area contributed by atoms with Gasteiger partial charge in [0.1, 0.15) is 5.75 Å². The molecule has 0 spiro atoms. The third kappa shape index (κ3) is 3.32. The monoisotopic (exact) mass is 266 g/mol. The average molecular weight is 266 g/mol. The topological polar surface area (TPSA) is 72.2 Å². The number of anilines is 2. The van der Waals surface area contributed by atoms with Crippen LogP contribution in [0.5, 0.6) is 0 Å². The fraction of sp³-hybridized carbons (Fsp3) is 0.462. The van der Waals surface area contributed by atoms with Gasteiger partial charge in [-0.1, -0.05) is 25.0 Å². The van der Waals surface area contributed by atoms with Gasteiger partial charge in [-0.3, -0.25) is 9.00 Å². The predicted octanol–water partition coefficient (Wildman–Crippen LogP) is 1.90. The molecule has 0 bridgehead atoms. The van der Waals surface area contributed by atoms with Gasteiger partial charge in [0.2, 0.25) is 5.91 Å². The SMILES string of the molecule is Nc1ccccc1NC(=O)CS(=O)C1CCCC1. The van der Waals surface area contributed by atoms with E-state index in [0.717, 1.165) is 25.7 Å². The van der Waals surface area contributed by atoms with Crippen LogP contribution in [0.3, 0.4) is 0 Å². The molecule has 98 valence electrons. The zero-order chi connectivity index (χ0) is 13.0. The molecule has 1 aliphatic carbocycles. The van der Waals surface area contributed by atoms with Crippen LogP contribution in [0.15, 0.2) is 24.3 Å². The zero-order valence-corrected chi connectivity index (χ0v) is 11.0. The summed E-state index contributed by atoms with van der Waals surface area (Å²) >= 11 is 0. The largest absolute Gasteiger partial charge is 0.397 e. The fourth-order valence-electron chi connectivity index (χ4n) is 2.20. The molecule has 1 aliphatic rings. The normalized spacial score (nSPS) is 17.6. The minimum Gasteiger partial charge on any atom is -0.397 e. The number of carbonyl (C=O) groups excluding carboxylic acids is 1. The molecule has 1 amide bonds. The number of amides is 1. The van der Waals surface area contributed by atoms with E-state index in [0.29, 0.717) is 11.4 Å². The molecule has 0 saturated heterocycles. The van der Waals surface area contributed by atoms with E-state index < -0.39 is 10.8 Å². The van der Waals surface area contributed by atoms with Crippen LogP contribution in [0.4, 0.5) is 11.4 Å². The second-order valence-electron chi connectivity index (χ2n) is 4.57. The molecule has 0 heterocycles. The summed E-state index contributed by atoms with van der Waals surface area (Å²) in [5.41, 5.74) is 6.85. The van der Waals surface area contributed by atoms with Gasteiger partial charge in [0, 0.05) is 16.0 Å². The standard InChI is InChI=1S/C13H18N2O2S/c14-11-7-3-4-8-12(11)15-13(16)9-18(17)10-5-1-2-6-10/h3-4,7-8,10H,1-2,5-6,9,14H2,(H,15,16). The Hall–Kier alpha value is -1.36. The first-order valence-corrected chi connectivity index (χ1v) is 7.56. The first-order chi connectivity index (χ1) is 8.66. The first-order valence-electron chi connectivity index (χ1n) is 6.18. The van der Waals surface area contributed by atoms with Crippen molar-refractivity contribution in [3.8, 4) is 0 Å². The van der Waals surface area contributed by atoms with E-state index in [-0.39, 0.29) is 16.9 Å². The summed E-state index contributed by atoms with van der Waals surface area (Å²) in [5.74, 6) is -0.155. The van der Waals surface area contributed by atoms with Gasteiger partial charge in [-0.2, -0.15) is 0 Å². The molecule has 0 radical (unpaired) electrons. The van der Waals surface area contributed by atoms with Gasteiger partial charge in [-0.05, 0) is 25.0 Å². The van der Waals surface area contributed by atoms with E-state index >= 15 is 0 Å². The predicted molar refractivity (Wildman–Crippen MR) is 74.7 cm³/mol. The second-order valence-corrected chi connectivity index (χ2v) is 6.28. The minimum atomic E-state index is -1.06. The molecule has 1 atom stereocenters. The second kappa shape index (κ2) is 6.00. The van der Waals surface area contributed by atoms with Crippen molar-refractivity contribution in [1.29, 1.82) is 0 Å². The van der Waals surface area contributed by atoms with Crippen molar-refractivity contribution in [1.82, 2.24) is 0 Å². The Morgan fingerprint density at radius 2 is 2.00 bits per heavy atom. The van der Waals surface area contributed by atoms with Crippen molar-refractivity contribution in [2.45, 2.75) is 30.9 Å². The van der Waals surface area contributed by atoms with E-state index in [9.17, 15) is 9.00 Å². The highest BCUT2D eigenvalue weighted by Gasteiger charge is 2.23. The molecule has 0 aliphatic heterocycles. The molecule has 1 fully saturated rings. The number of carbonyl (C=O) groups is 1. The van der Waals surface area contributed by atoms with Crippen LogP contribution in [-0.4, -0.2) is 21.1 Å². The van der Waals surface area contributed by atoms with Gasteiger partial charge in [-0.15, -0.1) is 0 Å². The molecule has 18 heavy (non-hydrogen) atoms. The Bertz CT molecular complexity index is 456. The van der Waals surface area contributed by atoms with E-state index in [1.54, 1.807) is 18.2 Å². The Balaban J connectivity index is 1.89. The van der Waals surface area contributed by atoms with Gasteiger partial charge in [0.15, 0.2) is 0 Å². The van der Waals surface area contributed by atoms with Crippen molar-refractivity contribution < 1.29 is 9.00 Å². The molecule has 3 N–H and O–H groups in total. The molecular weight excluding hydrogens is 248 g/mol. The number of nitrogens with one attached hydrogen (secondary N) is 1. The molecule has 1 saturated carbocycles. The van der Waals surface area contributed by atoms with Crippen LogP contribution in [0.25, 0.3) is 0 Å². The highest BCUT2D eigenvalue weighted by molar-refractivity contribution is 7.86. The highest BCUT2D eigenvalue weighted by atomic mass is 32.2. The number of hydrogen-bond donors (Lipinski definition) is 2. The molecule has 2 rings (SSSR count). The highest BCUT2D eigenvalue weighted by Crippen LogP contribution is 2.23. The molecule has 1 unspecified atom stereocenters. The molecular formula is C13H18N2O2S. The lowest BCUT2D eigenvalue weighted by Gasteiger charge is -2.10. The van der Waals surface area contributed by atoms with Gasteiger partial charge in [-0.25, -0.2) is 0 Å². The van der Waals surface area contributed by atoms with E-state index in [1.165, 1.54) is 0 Å². The Kier molecular flexibility index (Phi) is 4.36. The van der Waals surface area contributed by atoms with Crippen molar-refractivity contribution in [2.75, 3.05) is 16.8 Å². The minimum absolute atomic E-state index is 0.0685. The quantitative estimate of drug-likeness (QED) is 0.818. The summed E-state index contributed by atoms with van der Waals surface area (Å²) in [7, 11) is -1.06. The third-order valence-electron chi connectivity index (χ3n) is 3.18. The number of nitrogen functional groups attached to an aromatic ring is 1. The van der Waals surface area contributed by atoms with Crippen molar-refractivity contribution in [3.05, 3.63) is 24.3 Å². The molecule has 0 aromatic heterocycles. The van der Waals surface area contributed by atoms with Crippen LogP contribution >= 0.6 is 0 Å². The number of benzene rings is 1. The van der Waals surface area contributed by atoms with Gasteiger partial charge >= 0.3 is 0 Å². The Morgan fingerprint density at radius 1 is 1.33 bits per heavy atom. The van der Waals surface area contributed by atoms with Crippen LogP contribution in [0, 0.1) is 0 Å². The van der Waals surface area contributed by atoms with E-state index in [1.807, 2.05) is 6.07 Å². The van der Waals surface area contributed by atoms with Gasteiger partial charge < -0.3 is 11.1 Å². The summed E-state index contributed by atoms with van der Waals surface area (Å²) in [6.07, 6.45) is 4.22. The number of hydrogen-bond acceptors (Lipinski definition) is 3. The lowest BCUT2D eigenvalue weighted by atomic mass is 10.3. The van der Waals surface area contributed by atoms with Gasteiger partial charge in [0.05, 0.1) is 11.4 Å². The zero-order valence-electron chi connectivity index (χ0n) is 10.2. The molecule has 1 aromatic carbocycles. The van der Waals surface area contributed by atoms with Crippen LogP contribution < -0.4 is 11.1 Å².